The number of carbonyl (C=O) groups excluding carboxylic acids is 1. The largest absolute Gasteiger partial charge is 0.384 e. The maximum absolute atomic E-state index is 12.6. The lowest BCUT2D eigenvalue weighted by molar-refractivity contribution is 0.0479. The maximum atomic E-state index is 12.6. The van der Waals surface area contributed by atoms with E-state index in [4.69, 9.17) is 15.2 Å². The Morgan fingerprint density at radius 2 is 2.10 bits per heavy atom. The molecule has 0 bridgehead atoms. The van der Waals surface area contributed by atoms with E-state index >= 15 is 0 Å². The van der Waals surface area contributed by atoms with Crippen molar-refractivity contribution >= 4 is 11.7 Å². The van der Waals surface area contributed by atoms with Gasteiger partial charge in [0, 0.05) is 32.0 Å². The molecular weight excluding hydrogens is 258 g/mol. The molecule has 6 heteroatoms. The van der Waals surface area contributed by atoms with Gasteiger partial charge in [-0.1, -0.05) is 0 Å². The maximum Gasteiger partial charge on any atom is 0.254 e. The van der Waals surface area contributed by atoms with E-state index in [0.29, 0.717) is 31.1 Å². The molecule has 1 aromatic heterocycles. The average molecular weight is 281 g/mol. The fourth-order valence-electron chi connectivity index (χ4n) is 2.03. The van der Waals surface area contributed by atoms with E-state index < -0.39 is 0 Å². The van der Waals surface area contributed by atoms with Crippen molar-refractivity contribution in [3.05, 3.63) is 23.4 Å². The molecule has 2 N–H and O–H groups in total. The smallest absolute Gasteiger partial charge is 0.254 e. The van der Waals surface area contributed by atoms with Gasteiger partial charge in [0.05, 0.1) is 19.3 Å². The Balaban J connectivity index is 2.96. The Morgan fingerprint density at radius 3 is 2.65 bits per heavy atom. The summed E-state index contributed by atoms with van der Waals surface area (Å²) in [4.78, 5) is 18.4. The normalized spacial score (nSPS) is 12.2. The van der Waals surface area contributed by atoms with Crippen molar-refractivity contribution in [3.63, 3.8) is 0 Å². The molecule has 0 aliphatic rings. The number of nitrogens with two attached hydrogens (primary N) is 1. The topological polar surface area (TPSA) is 77.7 Å². The second-order valence-electron chi connectivity index (χ2n) is 4.72. The van der Waals surface area contributed by atoms with Crippen LogP contribution in [0, 0.1) is 6.92 Å². The van der Waals surface area contributed by atoms with Crippen LogP contribution in [0.5, 0.6) is 0 Å². The number of nitrogens with zero attached hydrogens (tertiary/aromatic N) is 2. The van der Waals surface area contributed by atoms with Crippen LogP contribution in [0.4, 0.5) is 5.82 Å². The molecule has 1 amide bonds. The van der Waals surface area contributed by atoms with Gasteiger partial charge < -0.3 is 20.1 Å². The summed E-state index contributed by atoms with van der Waals surface area (Å²) in [5, 5.41) is 0. The molecule has 1 rings (SSSR count). The van der Waals surface area contributed by atoms with Crippen LogP contribution in [0.15, 0.2) is 12.1 Å². The SMILES string of the molecule is COCCN(C(=O)c1cc(C)nc(N)c1)C(C)COC. The summed E-state index contributed by atoms with van der Waals surface area (Å²) in [5.74, 6) is 0.253. The summed E-state index contributed by atoms with van der Waals surface area (Å²) in [7, 11) is 3.22. The van der Waals surface area contributed by atoms with E-state index in [2.05, 4.69) is 4.98 Å². The van der Waals surface area contributed by atoms with Crippen molar-refractivity contribution < 1.29 is 14.3 Å². The first-order valence-corrected chi connectivity index (χ1v) is 6.52. The number of hydrogen-bond acceptors (Lipinski definition) is 5. The number of aryl methyl sites for hydroxylation is 1. The number of hydrogen-bond donors (Lipinski definition) is 1. The Morgan fingerprint density at radius 1 is 1.40 bits per heavy atom. The van der Waals surface area contributed by atoms with Crippen LogP contribution in [0.25, 0.3) is 0 Å². The predicted octanol–water partition coefficient (Wildman–Crippen LogP) is 1.10. The molecule has 0 spiro atoms. The van der Waals surface area contributed by atoms with Crippen LogP contribution in [0.2, 0.25) is 0 Å². The lowest BCUT2D eigenvalue weighted by Gasteiger charge is -2.28. The lowest BCUT2D eigenvalue weighted by Crippen LogP contribution is -2.43. The van der Waals surface area contributed by atoms with E-state index in [1.165, 1.54) is 0 Å². The number of amides is 1. The summed E-state index contributed by atoms with van der Waals surface area (Å²) < 4.78 is 10.2. The number of aromatic nitrogens is 1. The van der Waals surface area contributed by atoms with Crippen LogP contribution < -0.4 is 5.73 Å². The number of rotatable bonds is 7. The number of nitrogen functional groups attached to an aromatic ring is 1. The molecule has 0 fully saturated rings. The molecule has 0 aliphatic heterocycles. The fraction of sp³-hybridized carbons (Fsp3) is 0.571. The molecule has 0 aliphatic carbocycles. The first-order chi connectivity index (χ1) is 9.49. The molecule has 1 unspecified atom stereocenters. The summed E-state index contributed by atoms with van der Waals surface area (Å²) in [6, 6.07) is 3.28. The highest BCUT2D eigenvalue weighted by atomic mass is 16.5. The zero-order valence-electron chi connectivity index (χ0n) is 12.5. The van der Waals surface area contributed by atoms with Crippen molar-refractivity contribution in [1.82, 2.24) is 9.88 Å². The molecule has 1 aromatic rings. The monoisotopic (exact) mass is 281 g/mol. The Hall–Kier alpha value is -1.66. The van der Waals surface area contributed by atoms with Gasteiger partial charge in [-0.15, -0.1) is 0 Å². The van der Waals surface area contributed by atoms with Crippen LogP contribution in [-0.2, 0) is 9.47 Å². The van der Waals surface area contributed by atoms with Crippen molar-refractivity contribution in [1.29, 1.82) is 0 Å². The van der Waals surface area contributed by atoms with Gasteiger partial charge in [0.25, 0.3) is 5.91 Å². The molecular formula is C14H23N3O3. The van der Waals surface area contributed by atoms with Gasteiger partial charge in [0.1, 0.15) is 5.82 Å². The average Bonchev–Trinajstić information content (AvgIpc) is 2.38. The Kier molecular flexibility index (Phi) is 6.41. The zero-order chi connectivity index (χ0) is 15.1. The summed E-state index contributed by atoms with van der Waals surface area (Å²) in [5.41, 5.74) is 6.96. The number of ether oxygens (including phenoxy) is 2. The third-order valence-corrected chi connectivity index (χ3v) is 2.96. The lowest BCUT2D eigenvalue weighted by atomic mass is 10.1. The van der Waals surface area contributed by atoms with Crippen LogP contribution >= 0.6 is 0 Å². The van der Waals surface area contributed by atoms with Crippen LogP contribution in [-0.4, -0.2) is 55.8 Å². The number of anilines is 1. The summed E-state index contributed by atoms with van der Waals surface area (Å²) >= 11 is 0. The number of methoxy groups -OCH3 is 2. The molecule has 0 saturated heterocycles. The first-order valence-electron chi connectivity index (χ1n) is 6.52. The van der Waals surface area contributed by atoms with E-state index in [-0.39, 0.29) is 11.9 Å². The molecule has 0 aromatic carbocycles. The Bertz CT molecular complexity index is 431. The van der Waals surface area contributed by atoms with E-state index in [0.717, 1.165) is 5.69 Å². The van der Waals surface area contributed by atoms with Gasteiger partial charge in [0.15, 0.2) is 0 Å². The minimum Gasteiger partial charge on any atom is -0.384 e. The third kappa shape index (κ3) is 4.47. The van der Waals surface area contributed by atoms with E-state index in [1.807, 2.05) is 13.8 Å². The zero-order valence-corrected chi connectivity index (χ0v) is 12.5. The molecule has 6 nitrogen and oxygen atoms in total. The highest BCUT2D eigenvalue weighted by Crippen LogP contribution is 2.12. The van der Waals surface area contributed by atoms with Crippen molar-refractivity contribution in [2.24, 2.45) is 0 Å². The van der Waals surface area contributed by atoms with E-state index in [1.54, 1.807) is 31.3 Å². The third-order valence-electron chi connectivity index (χ3n) is 2.96. The van der Waals surface area contributed by atoms with Gasteiger partial charge in [0.2, 0.25) is 0 Å². The van der Waals surface area contributed by atoms with Gasteiger partial charge in [-0.3, -0.25) is 4.79 Å². The fourth-order valence-corrected chi connectivity index (χ4v) is 2.03. The molecule has 20 heavy (non-hydrogen) atoms. The molecule has 1 atom stereocenters. The molecule has 1 heterocycles. The minimum absolute atomic E-state index is 0.0441. The van der Waals surface area contributed by atoms with E-state index in [9.17, 15) is 4.79 Å². The minimum atomic E-state index is -0.0937. The highest BCUT2D eigenvalue weighted by Gasteiger charge is 2.21. The van der Waals surface area contributed by atoms with Crippen molar-refractivity contribution in [2.75, 3.05) is 39.7 Å². The van der Waals surface area contributed by atoms with Gasteiger partial charge in [-0.25, -0.2) is 4.98 Å². The van der Waals surface area contributed by atoms with Crippen molar-refractivity contribution in [2.45, 2.75) is 19.9 Å². The van der Waals surface area contributed by atoms with Crippen LogP contribution in [0.1, 0.15) is 23.0 Å². The van der Waals surface area contributed by atoms with Crippen molar-refractivity contribution in [3.8, 4) is 0 Å². The standard InChI is InChI=1S/C14H23N3O3/c1-10-7-12(8-13(15)16-10)14(18)17(5-6-19-3)11(2)9-20-4/h7-8,11H,5-6,9H2,1-4H3,(H2,15,16). The quantitative estimate of drug-likeness (QED) is 0.809. The summed E-state index contributed by atoms with van der Waals surface area (Å²) in [6.07, 6.45) is 0. The van der Waals surface area contributed by atoms with Crippen LogP contribution in [0.3, 0.4) is 0 Å². The highest BCUT2D eigenvalue weighted by molar-refractivity contribution is 5.95. The molecule has 0 radical (unpaired) electrons. The van der Waals surface area contributed by atoms with Gasteiger partial charge in [-0.2, -0.15) is 0 Å². The predicted molar refractivity (Wildman–Crippen MR) is 77.6 cm³/mol. The Labute approximate surface area is 119 Å². The van der Waals surface area contributed by atoms with Gasteiger partial charge >= 0.3 is 0 Å². The second kappa shape index (κ2) is 7.81. The summed E-state index contributed by atoms with van der Waals surface area (Å²) in [6.45, 7) is 5.19. The first kappa shape index (κ1) is 16.4. The molecule has 112 valence electrons. The van der Waals surface area contributed by atoms with Gasteiger partial charge in [-0.05, 0) is 26.0 Å². The second-order valence-corrected chi connectivity index (χ2v) is 4.72. The number of pyridine rings is 1. The molecule has 0 saturated carbocycles. The number of carbonyl (C=O) groups is 1.